The molecular formula is C11H10O3. The molecule has 0 saturated carbocycles. The standard InChI is InChI=1S/C11H10O3/c1-7-4-3-5-9-11(7)8(12)6-10(13-2)14-9/h3-6H,1-2H3. The molecule has 2 rings (SSSR count). The Hall–Kier alpha value is -1.77. The summed E-state index contributed by atoms with van der Waals surface area (Å²) < 4.78 is 10.2. The highest BCUT2D eigenvalue weighted by Gasteiger charge is 2.05. The highest BCUT2D eigenvalue weighted by atomic mass is 16.6. The van der Waals surface area contributed by atoms with Gasteiger partial charge in [0.2, 0.25) is 0 Å². The van der Waals surface area contributed by atoms with Gasteiger partial charge in [0.05, 0.1) is 18.6 Å². The first kappa shape index (κ1) is 8.81. The Kier molecular flexibility index (Phi) is 2.00. The van der Waals surface area contributed by atoms with Gasteiger partial charge in [-0.3, -0.25) is 4.79 Å². The number of benzene rings is 1. The van der Waals surface area contributed by atoms with Crippen LogP contribution in [0.1, 0.15) is 5.56 Å². The van der Waals surface area contributed by atoms with Crippen LogP contribution in [0, 0.1) is 6.92 Å². The molecule has 0 fully saturated rings. The molecule has 0 atom stereocenters. The van der Waals surface area contributed by atoms with Crippen LogP contribution in [0.15, 0.2) is 33.5 Å². The molecule has 0 spiro atoms. The third-order valence-electron chi connectivity index (χ3n) is 2.14. The van der Waals surface area contributed by atoms with E-state index in [1.54, 1.807) is 6.07 Å². The lowest BCUT2D eigenvalue weighted by Gasteiger charge is -2.02. The molecular weight excluding hydrogens is 180 g/mol. The van der Waals surface area contributed by atoms with Crippen molar-refractivity contribution in [3.8, 4) is 5.95 Å². The average molecular weight is 190 g/mol. The Bertz CT molecular complexity index is 526. The normalized spacial score (nSPS) is 10.4. The number of rotatable bonds is 1. The van der Waals surface area contributed by atoms with Crippen molar-refractivity contribution in [2.24, 2.45) is 0 Å². The zero-order valence-electron chi connectivity index (χ0n) is 8.03. The van der Waals surface area contributed by atoms with E-state index in [2.05, 4.69) is 0 Å². The lowest BCUT2D eigenvalue weighted by atomic mass is 10.1. The molecule has 1 aromatic heterocycles. The van der Waals surface area contributed by atoms with E-state index >= 15 is 0 Å². The minimum absolute atomic E-state index is 0.0683. The summed E-state index contributed by atoms with van der Waals surface area (Å²) in [7, 11) is 1.47. The maximum absolute atomic E-state index is 11.6. The van der Waals surface area contributed by atoms with Crippen molar-refractivity contribution in [2.45, 2.75) is 6.92 Å². The molecule has 0 aliphatic rings. The fraction of sp³-hybridized carbons (Fsp3) is 0.182. The molecule has 1 heterocycles. The SMILES string of the molecule is COc1cc(=O)c2c(C)cccc2o1. The van der Waals surface area contributed by atoms with Gasteiger partial charge < -0.3 is 9.15 Å². The molecule has 0 saturated heterocycles. The van der Waals surface area contributed by atoms with Crippen molar-refractivity contribution in [3.05, 3.63) is 40.1 Å². The maximum Gasteiger partial charge on any atom is 0.288 e. The molecule has 0 aliphatic carbocycles. The summed E-state index contributed by atoms with van der Waals surface area (Å²) in [5.41, 5.74) is 1.41. The van der Waals surface area contributed by atoms with Gasteiger partial charge in [-0.1, -0.05) is 12.1 Å². The van der Waals surface area contributed by atoms with E-state index in [1.807, 2.05) is 19.1 Å². The zero-order chi connectivity index (χ0) is 10.1. The molecule has 0 N–H and O–H groups in total. The first-order valence-electron chi connectivity index (χ1n) is 4.30. The summed E-state index contributed by atoms with van der Waals surface area (Å²) in [6.07, 6.45) is 0. The van der Waals surface area contributed by atoms with Gasteiger partial charge in [0.25, 0.3) is 5.95 Å². The number of fused-ring (bicyclic) bond motifs is 1. The quantitative estimate of drug-likeness (QED) is 0.691. The minimum Gasteiger partial charge on any atom is -0.468 e. The predicted octanol–water partition coefficient (Wildman–Crippen LogP) is 2.11. The summed E-state index contributed by atoms with van der Waals surface area (Å²) in [4.78, 5) is 11.6. The van der Waals surface area contributed by atoms with Gasteiger partial charge >= 0.3 is 0 Å². The predicted molar refractivity (Wildman–Crippen MR) is 53.8 cm³/mol. The van der Waals surface area contributed by atoms with Gasteiger partial charge in [-0.05, 0) is 18.6 Å². The van der Waals surface area contributed by atoms with Crippen molar-refractivity contribution in [1.29, 1.82) is 0 Å². The van der Waals surface area contributed by atoms with E-state index in [9.17, 15) is 4.79 Å². The smallest absolute Gasteiger partial charge is 0.288 e. The second-order valence-corrected chi connectivity index (χ2v) is 3.08. The molecule has 14 heavy (non-hydrogen) atoms. The molecule has 3 heteroatoms. The second kappa shape index (κ2) is 3.18. The van der Waals surface area contributed by atoms with Gasteiger partial charge in [-0.15, -0.1) is 0 Å². The largest absolute Gasteiger partial charge is 0.468 e. The van der Waals surface area contributed by atoms with E-state index in [0.717, 1.165) is 5.56 Å². The van der Waals surface area contributed by atoms with Gasteiger partial charge in [-0.2, -0.15) is 0 Å². The Morgan fingerprint density at radius 2 is 2.14 bits per heavy atom. The highest BCUT2D eigenvalue weighted by Crippen LogP contribution is 2.19. The van der Waals surface area contributed by atoms with Crippen molar-refractivity contribution >= 4 is 11.0 Å². The van der Waals surface area contributed by atoms with Crippen LogP contribution in [0.5, 0.6) is 5.95 Å². The molecule has 1 aromatic carbocycles. The molecule has 0 radical (unpaired) electrons. The summed E-state index contributed by atoms with van der Waals surface area (Å²) >= 11 is 0. The van der Waals surface area contributed by atoms with E-state index in [1.165, 1.54) is 13.2 Å². The van der Waals surface area contributed by atoms with Crippen molar-refractivity contribution in [1.82, 2.24) is 0 Å². The van der Waals surface area contributed by atoms with Crippen LogP contribution < -0.4 is 10.2 Å². The highest BCUT2D eigenvalue weighted by molar-refractivity contribution is 5.80. The molecule has 3 nitrogen and oxygen atoms in total. The molecule has 72 valence electrons. The first-order chi connectivity index (χ1) is 6.72. The van der Waals surface area contributed by atoms with Crippen LogP contribution >= 0.6 is 0 Å². The Morgan fingerprint density at radius 3 is 2.86 bits per heavy atom. The molecule has 0 aliphatic heterocycles. The fourth-order valence-corrected chi connectivity index (χ4v) is 1.46. The van der Waals surface area contributed by atoms with Crippen LogP contribution in [0.4, 0.5) is 0 Å². The van der Waals surface area contributed by atoms with E-state index < -0.39 is 0 Å². The van der Waals surface area contributed by atoms with Crippen LogP contribution in [0.2, 0.25) is 0 Å². The van der Waals surface area contributed by atoms with E-state index in [0.29, 0.717) is 11.0 Å². The van der Waals surface area contributed by atoms with Crippen molar-refractivity contribution in [2.75, 3.05) is 7.11 Å². The average Bonchev–Trinajstić information content (AvgIpc) is 2.17. The number of methoxy groups -OCH3 is 1. The lowest BCUT2D eigenvalue weighted by molar-refractivity contribution is 0.310. The molecule has 0 bridgehead atoms. The van der Waals surface area contributed by atoms with Gasteiger partial charge in [-0.25, -0.2) is 0 Å². The van der Waals surface area contributed by atoms with E-state index in [-0.39, 0.29) is 11.4 Å². The summed E-state index contributed by atoms with van der Waals surface area (Å²) in [6.45, 7) is 1.88. The van der Waals surface area contributed by atoms with Crippen LogP contribution in [0.25, 0.3) is 11.0 Å². The molecule has 0 unspecified atom stereocenters. The maximum atomic E-state index is 11.6. The topological polar surface area (TPSA) is 39.4 Å². The Morgan fingerprint density at radius 1 is 1.36 bits per heavy atom. The van der Waals surface area contributed by atoms with Gasteiger partial charge in [0, 0.05) is 0 Å². The van der Waals surface area contributed by atoms with Crippen molar-refractivity contribution in [3.63, 3.8) is 0 Å². The summed E-state index contributed by atoms with van der Waals surface area (Å²) in [6, 6.07) is 6.84. The summed E-state index contributed by atoms with van der Waals surface area (Å²) in [5.74, 6) is 0.244. The molecule has 0 amide bonds. The zero-order valence-corrected chi connectivity index (χ0v) is 8.03. The van der Waals surface area contributed by atoms with Gasteiger partial charge in [0.1, 0.15) is 5.58 Å². The Labute approximate surface area is 80.9 Å². The van der Waals surface area contributed by atoms with E-state index in [4.69, 9.17) is 9.15 Å². The van der Waals surface area contributed by atoms with Crippen LogP contribution in [-0.2, 0) is 0 Å². The van der Waals surface area contributed by atoms with Crippen LogP contribution in [0.3, 0.4) is 0 Å². The lowest BCUT2D eigenvalue weighted by Crippen LogP contribution is -2.02. The molecule has 2 aromatic rings. The fourth-order valence-electron chi connectivity index (χ4n) is 1.46. The summed E-state index contributed by atoms with van der Waals surface area (Å²) in [5, 5.41) is 0.619. The van der Waals surface area contributed by atoms with Gasteiger partial charge in [0.15, 0.2) is 5.43 Å². The number of ether oxygens (including phenoxy) is 1. The third-order valence-corrected chi connectivity index (χ3v) is 2.14. The second-order valence-electron chi connectivity index (χ2n) is 3.08. The van der Waals surface area contributed by atoms with Crippen molar-refractivity contribution < 1.29 is 9.15 Å². The van der Waals surface area contributed by atoms with Crippen LogP contribution in [-0.4, -0.2) is 7.11 Å². The monoisotopic (exact) mass is 190 g/mol. The third kappa shape index (κ3) is 1.27. The number of aryl methyl sites for hydroxylation is 1. The minimum atomic E-state index is -0.0683. The number of hydrogen-bond acceptors (Lipinski definition) is 3. The first-order valence-corrected chi connectivity index (χ1v) is 4.30. The number of hydrogen-bond donors (Lipinski definition) is 0. The Balaban J connectivity index is 2.90.